The third-order valence-electron chi connectivity index (χ3n) is 4.19. The molecule has 3 atom stereocenters. The number of amides is 1. The Morgan fingerprint density at radius 3 is 2.67 bits per heavy atom. The molecule has 1 heterocycles. The predicted octanol–water partition coefficient (Wildman–Crippen LogP) is 2.92. The van der Waals surface area contributed by atoms with Crippen LogP contribution in [0, 0.1) is 11.8 Å². The largest absolute Gasteiger partial charge is 0.326 e. The molecule has 0 spiro atoms. The fourth-order valence-electron chi connectivity index (χ4n) is 3.14. The lowest BCUT2D eigenvalue weighted by Crippen LogP contribution is -2.26. The smallest absolute Gasteiger partial charge is 0.221 e. The molecule has 1 saturated carbocycles. The maximum absolute atomic E-state index is 11.9. The molecule has 0 aromatic heterocycles. The first-order valence-corrected chi connectivity index (χ1v) is 8.23. The minimum atomic E-state index is -0.0683. The first kappa shape index (κ1) is 14.6. The summed E-state index contributed by atoms with van der Waals surface area (Å²) >= 11 is 1.56. The summed E-state index contributed by atoms with van der Waals surface area (Å²) < 4.78 is 3.44. The molecule has 3 unspecified atom stereocenters. The lowest BCUT2D eigenvalue weighted by molar-refractivity contribution is -0.117. The van der Waals surface area contributed by atoms with Crippen molar-refractivity contribution in [2.45, 2.75) is 38.0 Å². The Bertz CT molecular complexity index is 571. The van der Waals surface area contributed by atoms with E-state index < -0.39 is 0 Å². The number of nitrogens with one attached hydrogen (secondary N) is 2. The molecule has 5 heteroatoms. The van der Waals surface area contributed by atoms with Gasteiger partial charge in [-0.1, -0.05) is 24.1 Å². The van der Waals surface area contributed by atoms with E-state index in [0.717, 1.165) is 11.3 Å². The van der Waals surface area contributed by atoms with Crippen LogP contribution in [0.3, 0.4) is 0 Å². The van der Waals surface area contributed by atoms with Gasteiger partial charge in [0.2, 0.25) is 5.91 Å². The van der Waals surface area contributed by atoms with Gasteiger partial charge in [0.1, 0.15) is 5.78 Å². The minimum absolute atomic E-state index is 0.0481. The molecule has 21 heavy (non-hydrogen) atoms. The molecule has 0 bridgehead atoms. The molecular formula is C16H20N2O2S. The van der Waals surface area contributed by atoms with Gasteiger partial charge < -0.3 is 5.32 Å². The summed E-state index contributed by atoms with van der Waals surface area (Å²) in [5.74, 6) is 1.20. The van der Waals surface area contributed by atoms with Gasteiger partial charge in [-0.2, -0.15) is 0 Å². The van der Waals surface area contributed by atoms with E-state index in [9.17, 15) is 9.59 Å². The number of benzene rings is 1. The van der Waals surface area contributed by atoms with E-state index in [1.54, 1.807) is 18.9 Å². The van der Waals surface area contributed by atoms with Crippen LogP contribution in [0.25, 0.3) is 0 Å². The molecule has 2 fully saturated rings. The quantitative estimate of drug-likeness (QED) is 0.840. The van der Waals surface area contributed by atoms with Crippen molar-refractivity contribution in [3.05, 3.63) is 29.8 Å². The van der Waals surface area contributed by atoms with Gasteiger partial charge >= 0.3 is 0 Å². The zero-order chi connectivity index (χ0) is 15.0. The van der Waals surface area contributed by atoms with Crippen molar-refractivity contribution in [1.82, 2.24) is 4.72 Å². The van der Waals surface area contributed by atoms with E-state index in [-0.39, 0.29) is 23.0 Å². The summed E-state index contributed by atoms with van der Waals surface area (Å²) in [5, 5.41) is 2.87. The maximum Gasteiger partial charge on any atom is 0.221 e. The summed E-state index contributed by atoms with van der Waals surface area (Å²) in [5.41, 5.74) is 1.96. The third kappa shape index (κ3) is 3.14. The van der Waals surface area contributed by atoms with Crippen molar-refractivity contribution in [3.8, 4) is 0 Å². The fraction of sp³-hybridized carbons (Fsp3) is 0.500. The van der Waals surface area contributed by atoms with Crippen LogP contribution in [0.15, 0.2) is 24.3 Å². The highest BCUT2D eigenvalue weighted by Crippen LogP contribution is 2.51. The molecule has 112 valence electrons. The van der Waals surface area contributed by atoms with Crippen LogP contribution in [0.2, 0.25) is 0 Å². The Labute approximate surface area is 129 Å². The molecule has 1 aliphatic heterocycles. The van der Waals surface area contributed by atoms with Gasteiger partial charge in [-0.05, 0) is 43.4 Å². The summed E-state index contributed by atoms with van der Waals surface area (Å²) in [6.07, 6.45) is 2.44. The average molecular weight is 304 g/mol. The van der Waals surface area contributed by atoms with E-state index >= 15 is 0 Å². The van der Waals surface area contributed by atoms with Gasteiger partial charge in [0, 0.05) is 24.6 Å². The second-order valence-electron chi connectivity index (χ2n) is 5.97. The van der Waals surface area contributed by atoms with Crippen LogP contribution in [0.4, 0.5) is 5.69 Å². The summed E-state index contributed by atoms with van der Waals surface area (Å²) in [4.78, 5) is 23.1. The molecular weight excluding hydrogens is 284 g/mol. The Hall–Kier alpha value is -1.33. The molecule has 0 radical (unpaired) electrons. The number of carbonyl (C=O) groups is 2. The van der Waals surface area contributed by atoms with E-state index in [1.165, 1.54) is 19.8 Å². The predicted molar refractivity (Wildman–Crippen MR) is 84.9 cm³/mol. The first-order valence-electron chi connectivity index (χ1n) is 7.35. The molecule has 4 nitrogen and oxygen atoms in total. The molecule has 2 N–H and O–H groups in total. The van der Waals surface area contributed by atoms with Crippen LogP contribution < -0.4 is 10.0 Å². The molecule has 1 saturated heterocycles. The zero-order valence-corrected chi connectivity index (χ0v) is 13.1. The zero-order valence-electron chi connectivity index (χ0n) is 12.3. The number of Topliss-reactive ketones (excluding diaryl/α,β-unsaturated/α-hetero) is 1. The second-order valence-corrected chi connectivity index (χ2v) is 6.95. The number of ketones is 1. The molecule has 1 aromatic carbocycles. The number of rotatable bonds is 4. The van der Waals surface area contributed by atoms with Crippen LogP contribution in [0.5, 0.6) is 0 Å². The molecule has 1 aromatic rings. The van der Waals surface area contributed by atoms with Gasteiger partial charge in [-0.15, -0.1) is 0 Å². The Balaban J connectivity index is 1.85. The Morgan fingerprint density at radius 2 is 2.05 bits per heavy atom. The third-order valence-corrected chi connectivity index (χ3v) is 5.48. The number of hydrogen-bond acceptors (Lipinski definition) is 4. The fourth-order valence-corrected chi connectivity index (χ4v) is 4.43. The van der Waals surface area contributed by atoms with Crippen LogP contribution >= 0.6 is 11.9 Å². The highest BCUT2D eigenvalue weighted by Gasteiger charge is 2.48. The van der Waals surface area contributed by atoms with Gasteiger partial charge in [0.25, 0.3) is 0 Å². The first-order chi connectivity index (χ1) is 10.1. The maximum atomic E-state index is 11.9. The molecule has 1 amide bonds. The van der Waals surface area contributed by atoms with Gasteiger partial charge in [0.05, 0.1) is 5.25 Å². The van der Waals surface area contributed by atoms with Gasteiger partial charge in [-0.25, -0.2) is 0 Å². The highest BCUT2D eigenvalue weighted by atomic mass is 32.2. The summed E-state index contributed by atoms with van der Waals surface area (Å²) in [6, 6.07) is 8.11. The lowest BCUT2D eigenvalue weighted by atomic mass is 9.85. The topological polar surface area (TPSA) is 58.2 Å². The molecule has 2 aliphatic rings. The van der Waals surface area contributed by atoms with Crippen LogP contribution in [-0.2, 0) is 9.59 Å². The summed E-state index contributed by atoms with van der Waals surface area (Å²) in [7, 11) is 0. The van der Waals surface area contributed by atoms with Crippen LogP contribution in [-0.4, -0.2) is 16.9 Å². The number of anilines is 1. The normalized spacial score (nSPS) is 28.4. The summed E-state index contributed by atoms with van der Waals surface area (Å²) in [6.45, 7) is 3.19. The van der Waals surface area contributed by atoms with Crippen molar-refractivity contribution >= 4 is 29.3 Å². The van der Waals surface area contributed by atoms with Crippen molar-refractivity contribution in [2.75, 3.05) is 5.32 Å². The average Bonchev–Trinajstić information content (AvgIpc) is 3.16. The Kier molecular flexibility index (Phi) is 4.04. The monoisotopic (exact) mass is 304 g/mol. The second kappa shape index (κ2) is 5.81. The lowest BCUT2D eigenvalue weighted by Gasteiger charge is -2.22. The van der Waals surface area contributed by atoms with Crippen molar-refractivity contribution < 1.29 is 9.59 Å². The van der Waals surface area contributed by atoms with Gasteiger partial charge in [0.15, 0.2) is 0 Å². The number of carbonyl (C=O) groups excluding carboxylic acids is 2. The van der Waals surface area contributed by atoms with E-state index in [1.807, 2.05) is 18.2 Å². The van der Waals surface area contributed by atoms with Crippen molar-refractivity contribution in [1.29, 1.82) is 0 Å². The van der Waals surface area contributed by atoms with Gasteiger partial charge in [-0.3, -0.25) is 14.3 Å². The van der Waals surface area contributed by atoms with Crippen molar-refractivity contribution in [2.24, 2.45) is 11.8 Å². The molecule has 3 rings (SSSR count). The SMILES string of the molecule is CC(=O)Nc1cccc(C2NSC(C(C)=O)C2C2CC2)c1. The Morgan fingerprint density at radius 1 is 1.29 bits per heavy atom. The molecule has 1 aliphatic carbocycles. The van der Waals surface area contributed by atoms with Crippen molar-refractivity contribution in [3.63, 3.8) is 0 Å². The standard InChI is InChI=1S/C16H20N2O2S/c1-9(19)16-14(11-6-7-11)15(18-21-16)12-4-3-5-13(8-12)17-10(2)20/h3-5,8,11,14-16,18H,6-7H2,1-2H3,(H,17,20). The van der Waals surface area contributed by atoms with E-state index in [2.05, 4.69) is 16.1 Å². The van der Waals surface area contributed by atoms with Crippen LogP contribution in [0.1, 0.15) is 38.3 Å². The van der Waals surface area contributed by atoms with E-state index in [4.69, 9.17) is 0 Å². The highest BCUT2D eigenvalue weighted by molar-refractivity contribution is 7.99. The van der Waals surface area contributed by atoms with E-state index in [0.29, 0.717) is 11.8 Å². The minimum Gasteiger partial charge on any atom is -0.326 e. The number of hydrogen-bond donors (Lipinski definition) is 2.